The molecule has 0 radical (unpaired) electrons. The molecule has 1 saturated heterocycles. The zero-order valence-corrected chi connectivity index (χ0v) is 16.9. The van der Waals surface area contributed by atoms with E-state index in [-0.39, 0.29) is 24.2 Å². The summed E-state index contributed by atoms with van der Waals surface area (Å²) in [4.78, 5) is 27.1. The van der Waals surface area contributed by atoms with Gasteiger partial charge >= 0.3 is 0 Å². The summed E-state index contributed by atoms with van der Waals surface area (Å²) < 4.78 is 5.89. The maximum absolute atomic E-state index is 12.7. The van der Waals surface area contributed by atoms with E-state index in [0.29, 0.717) is 31.7 Å². The van der Waals surface area contributed by atoms with E-state index in [9.17, 15) is 9.59 Å². The van der Waals surface area contributed by atoms with E-state index in [4.69, 9.17) is 4.74 Å². The number of piperidine rings is 1. The summed E-state index contributed by atoms with van der Waals surface area (Å²) in [5.74, 6) is 0.821. The van der Waals surface area contributed by atoms with Crippen molar-refractivity contribution in [2.24, 2.45) is 5.92 Å². The number of carbonyl (C=O) groups is 2. The van der Waals surface area contributed by atoms with Crippen LogP contribution >= 0.6 is 0 Å². The molecule has 0 unspecified atom stereocenters. The second-order valence-electron chi connectivity index (χ2n) is 7.54. The Morgan fingerprint density at radius 3 is 2.10 bits per heavy atom. The Labute approximate surface area is 177 Å². The van der Waals surface area contributed by atoms with Crippen molar-refractivity contribution in [1.82, 2.24) is 4.90 Å². The molecule has 0 aromatic heterocycles. The van der Waals surface area contributed by atoms with Crippen LogP contribution in [-0.4, -0.2) is 36.3 Å². The van der Waals surface area contributed by atoms with Gasteiger partial charge in [0.2, 0.25) is 0 Å². The fraction of sp³-hybridized carbons (Fsp3) is 0.231. The number of ether oxygens (including phenoxy) is 1. The van der Waals surface area contributed by atoms with Crippen molar-refractivity contribution < 1.29 is 14.3 Å². The first-order chi connectivity index (χ1) is 14.7. The molecule has 0 aliphatic carbocycles. The van der Waals surface area contributed by atoms with E-state index in [0.717, 1.165) is 16.7 Å². The molecule has 30 heavy (non-hydrogen) atoms. The van der Waals surface area contributed by atoms with Crippen molar-refractivity contribution >= 4 is 11.7 Å². The largest absolute Gasteiger partial charge is 0.483 e. The average Bonchev–Trinajstić information content (AvgIpc) is 2.83. The van der Waals surface area contributed by atoms with E-state index < -0.39 is 0 Å². The van der Waals surface area contributed by atoms with Crippen LogP contribution in [0.2, 0.25) is 0 Å². The highest BCUT2D eigenvalue weighted by molar-refractivity contribution is 5.98. The van der Waals surface area contributed by atoms with Crippen LogP contribution in [0.25, 0.3) is 11.1 Å². The number of benzene rings is 3. The first-order valence-electron chi connectivity index (χ1n) is 10.4. The SMILES string of the molecule is O=C(c1ccccc1)C1CCN(C(=O)COc2ccccc2-c2ccccc2)CC1. The number of para-hydroxylation sites is 1. The van der Waals surface area contributed by atoms with Gasteiger partial charge in [0.15, 0.2) is 12.4 Å². The van der Waals surface area contributed by atoms with Crippen molar-refractivity contribution in [3.8, 4) is 16.9 Å². The van der Waals surface area contributed by atoms with Crippen LogP contribution in [0.5, 0.6) is 5.75 Å². The van der Waals surface area contributed by atoms with Gasteiger partial charge in [0.1, 0.15) is 5.75 Å². The third-order valence-corrected chi connectivity index (χ3v) is 5.60. The third-order valence-electron chi connectivity index (χ3n) is 5.60. The summed E-state index contributed by atoms with van der Waals surface area (Å²) in [6, 6.07) is 27.2. The highest BCUT2D eigenvalue weighted by Gasteiger charge is 2.28. The maximum atomic E-state index is 12.7. The number of likely N-dealkylation sites (tertiary alicyclic amines) is 1. The lowest BCUT2D eigenvalue weighted by molar-refractivity contribution is -0.134. The molecule has 152 valence electrons. The lowest BCUT2D eigenvalue weighted by Crippen LogP contribution is -2.42. The van der Waals surface area contributed by atoms with Crippen molar-refractivity contribution in [1.29, 1.82) is 0 Å². The minimum absolute atomic E-state index is 0.00114. The van der Waals surface area contributed by atoms with Gasteiger partial charge in [-0.3, -0.25) is 9.59 Å². The molecule has 4 heteroatoms. The number of carbonyl (C=O) groups excluding carboxylic acids is 2. The highest BCUT2D eigenvalue weighted by atomic mass is 16.5. The molecular weight excluding hydrogens is 374 g/mol. The third kappa shape index (κ3) is 4.60. The van der Waals surface area contributed by atoms with Gasteiger partial charge in [0, 0.05) is 30.1 Å². The lowest BCUT2D eigenvalue weighted by Gasteiger charge is -2.31. The van der Waals surface area contributed by atoms with Crippen LogP contribution in [0, 0.1) is 5.92 Å². The lowest BCUT2D eigenvalue weighted by atomic mass is 9.89. The summed E-state index contributed by atoms with van der Waals surface area (Å²) in [6.07, 6.45) is 1.39. The van der Waals surface area contributed by atoms with E-state index >= 15 is 0 Å². The summed E-state index contributed by atoms with van der Waals surface area (Å²) in [7, 11) is 0. The molecule has 1 heterocycles. The normalized spacial score (nSPS) is 14.3. The van der Waals surface area contributed by atoms with Gasteiger partial charge in [-0.1, -0.05) is 78.9 Å². The number of nitrogens with zero attached hydrogens (tertiary/aromatic N) is 1. The molecule has 4 rings (SSSR count). The number of rotatable bonds is 6. The topological polar surface area (TPSA) is 46.6 Å². The summed E-state index contributed by atoms with van der Waals surface area (Å²) in [5.41, 5.74) is 2.78. The smallest absolute Gasteiger partial charge is 0.260 e. The van der Waals surface area contributed by atoms with Crippen LogP contribution in [0.15, 0.2) is 84.9 Å². The Morgan fingerprint density at radius 1 is 0.800 bits per heavy atom. The molecule has 1 aliphatic rings. The molecule has 1 aliphatic heterocycles. The summed E-state index contributed by atoms with van der Waals surface area (Å²) in [6.45, 7) is 1.18. The molecule has 3 aromatic carbocycles. The van der Waals surface area contributed by atoms with Gasteiger partial charge in [-0.2, -0.15) is 0 Å². The van der Waals surface area contributed by atoms with Crippen LogP contribution in [0.3, 0.4) is 0 Å². The fourth-order valence-electron chi connectivity index (χ4n) is 3.91. The molecular formula is C26H25NO3. The Kier molecular flexibility index (Phi) is 6.23. The van der Waals surface area contributed by atoms with Gasteiger partial charge < -0.3 is 9.64 Å². The Bertz CT molecular complexity index is 993. The molecule has 1 amide bonds. The monoisotopic (exact) mass is 399 g/mol. The summed E-state index contributed by atoms with van der Waals surface area (Å²) >= 11 is 0. The predicted octanol–water partition coefficient (Wildman–Crippen LogP) is 4.85. The van der Waals surface area contributed by atoms with Gasteiger partial charge in [-0.25, -0.2) is 0 Å². The van der Waals surface area contributed by atoms with E-state index in [2.05, 4.69) is 0 Å². The standard InChI is InChI=1S/C26H25NO3/c28-25(19-30-24-14-8-7-13-23(24)20-9-3-1-4-10-20)27-17-15-22(16-18-27)26(29)21-11-5-2-6-12-21/h1-14,22H,15-19H2. The second-order valence-corrected chi connectivity index (χ2v) is 7.54. The van der Waals surface area contributed by atoms with E-state index in [1.54, 1.807) is 4.90 Å². The van der Waals surface area contributed by atoms with Crippen LogP contribution < -0.4 is 4.74 Å². The molecule has 0 spiro atoms. The molecule has 0 N–H and O–H groups in total. The number of ketones is 1. The average molecular weight is 399 g/mol. The Morgan fingerprint density at radius 2 is 1.40 bits per heavy atom. The maximum Gasteiger partial charge on any atom is 0.260 e. The number of amides is 1. The Hall–Kier alpha value is -3.40. The van der Waals surface area contributed by atoms with Crippen molar-refractivity contribution in [2.45, 2.75) is 12.8 Å². The van der Waals surface area contributed by atoms with E-state index in [1.165, 1.54) is 0 Å². The number of hydrogen-bond donors (Lipinski definition) is 0. The molecule has 1 fully saturated rings. The minimum Gasteiger partial charge on any atom is -0.483 e. The van der Waals surface area contributed by atoms with Crippen LogP contribution in [0.1, 0.15) is 23.2 Å². The van der Waals surface area contributed by atoms with Crippen LogP contribution in [0.4, 0.5) is 0 Å². The Balaban J connectivity index is 1.33. The second kappa shape index (κ2) is 9.40. The van der Waals surface area contributed by atoms with Crippen LogP contribution in [-0.2, 0) is 4.79 Å². The first-order valence-corrected chi connectivity index (χ1v) is 10.4. The fourth-order valence-corrected chi connectivity index (χ4v) is 3.91. The molecule has 0 bridgehead atoms. The van der Waals surface area contributed by atoms with Gasteiger partial charge in [0.05, 0.1) is 0 Å². The molecule has 0 saturated carbocycles. The summed E-state index contributed by atoms with van der Waals surface area (Å²) in [5, 5.41) is 0. The van der Waals surface area contributed by atoms with Gasteiger partial charge in [0.25, 0.3) is 5.91 Å². The first kappa shape index (κ1) is 19.9. The quantitative estimate of drug-likeness (QED) is 0.557. The van der Waals surface area contributed by atoms with E-state index in [1.807, 2.05) is 84.9 Å². The minimum atomic E-state index is -0.0384. The van der Waals surface area contributed by atoms with Crippen molar-refractivity contribution in [3.63, 3.8) is 0 Å². The molecule has 3 aromatic rings. The number of Topliss-reactive ketones (excluding diaryl/α,β-unsaturated/α-hetero) is 1. The molecule has 0 atom stereocenters. The van der Waals surface area contributed by atoms with Gasteiger partial charge in [-0.15, -0.1) is 0 Å². The zero-order chi connectivity index (χ0) is 20.8. The number of hydrogen-bond acceptors (Lipinski definition) is 3. The van der Waals surface area contributed by atoms with Gasteiger partial charge in [-0.05, 0) is 24.5 Å². The molecule has 4 nitrogen and oxygen atoms in total. The highest BCUT2D eigenvalue weighted by Crippen LogP contribution is 2.29. The van der Waals surface area contributed by atoms with Crippen molar-refractivity contribution in [2.75, 3.05) is 19.7 Å². The zero-order valence-electron chi connectivity index (χ0n) is 16.9. The van der Waals surface area contributed by atoms with Crippen molar-refractivity contribution in [3.05, 3.63) is 90.5 Å². The predicted molar refractivity (Wildman–Crippen MR) is 117 cm³/mol.